The van der Waals surface area contributed by atoms with E-state index in [0.717, 1.165) is 43.4 Å². The van der Waals surface area contributed by atoms with Crippen molar-refractivity contribution >= 4 is 29.7 Å². The fourth-order valence-electron chi connectivity index (χ4n) is 2.55. The van der Waals surface area contributed by atoms with E-state index in [1.807, 2.05) is 18.7 Å². The zero-order valence-corrected chi connectivity index (χ0v) is 15.7. The SMILES string of the molecule is CCOC(C)c1nc(CN2CCN(C(=O)CNC)CC2)cs1.Cl. The van der Waals surface area contributed by atoms with Gasteiger partial charge >= 0.3 is 0 Å². The number of nitrogens with zero attached hydrogens (tertiary/aromatic N) is 3. The molecule has 0 aromatic carbocycles. The summed E-state index contributed by atoms with van der Waals surface area (Å²) in [5.41, 5.74) is 1.10. The van der Waals surface area contributed by atoms with Gasteiger partial charge in [-0.05, 0) is 20.9 Å². The standard InChI is InChI=1S/C15H26N4O2S.ClH/c1-4-21-12(2)15-17-13(11-22-15)10-18-5-7-19(8-6-18)14(20)9-16-3;/h11-12,16H,4-10H2,1-3H3;1H. The summed E-state index contributed by atoms with van der Waals surface area (Å²) in [5.74, 6) is 0.184. The van der Waals surface area contributed by atoms with Crippen molar-refractivity contribution in [2.45, 2.75) is 26.5 Å². The Bertz CT molecular complexity index is 478. The molecule has 1 aromatic rings. The van der Waals surface area contributed by atoms with Crippen LogP contribution < -0.4 is 5.32 Å². The number of aromatic nitrogens is 1. The van der Waals surface area contributed by atoms with Gasteiger partial charge in [0.05, 0.1) is 12.2 Å². The Balaban J connectivity index is 0.00000264. The van der Waals surface area contributed by atoms with Gasteiger partial charge in [-0.3, -0.25) is 9.69 Å². The van der Waals surface area contributed by atoms with Crippen LogP contribution in [0.1, 0.15) is 30.7 Å². The normalized spacial score (nSPS) is 16.9. The van der Waals surface area contributed by atoms with Crippen molar-refractivity contribution < 1.29 is 9.53 Å². The van der Waals surface area contributed by atoms with Gasteiger partial charge in [0.25, 0.3) is 0 Å². The lowest BCUT2D eigenvalue weighted by Gasteiger charge is -2.34. The third-order valence-electron chi connectivity index (χ3n) is 3.77. The van der Waals surface area contributed by atoms with Crippen molar-refractivity contribution in [3.05, 3.63) is 16.1 Å². The number of halogens is 1. The quantitative estimate of drug-likeness (QED) is 0.797. The van der Waals surface area contributed by atoms with E-state index >= 15 is 0 Å². The summed E-state index contributed by atoms with van der Waals surface area (Å²) >= 11 is 1.66. The topological polar surface area (TPSA) is 57.7 Å². The molecule has 6 nitrogen and oxygen atoms in total. The first-order valence-corrected chi connectivity index (χ1v) is 8.72. The number of ether oxygens (including phenoxy) is 1. The lowest BCUT2D eigenvalue weighted by molar-refractivity contribution is -0.131. The maximum absolute atomic E-state index is 11.8. The van der Waals surface area contributed by atoms with Gasteiger partial charge in [0, 0.05) is 44.7 Å². The van der Waals surface area contributed by atoms with Gasteiger partial charge in [-0.2, -0.15) is 0 Å². The third-order valence-corrected chi connectivity index (χ3v) is 4.83. The fraction of sp³-hybridized carbons (Fsp3) is 0.733. The summed E-state index contributed by atoms with van der Waals surface area (Å²) in [6.07, 6.45) is 0.0692. The predicted octanol–water partition coefficient (Wildman–Crippen LogP) is 1.53. The van der Waals surface area contributed by atoms with Crippen molar-refractivity contribution in [2.24, 2.45) is 0 Å². The molecule has 1 saturated heterocycles. The lowest BCUT2D eigenvalue weighted by Crippen LogP contribution is -2.50. The number of likely N-dealkylation sites (N-methyl/N-ethyl adjacent to an activating group) is 1. The minimum Gasteiger partial charge on any atom is -0.372 e. The molecule has 1 aliphatic heterocycles. The Morgan fingerprint density at radius 3 is 2.74 bits per heavy atom. The highest BCUT2D eigenvalue weighted by atomic mass is 35.5. The smallest absolute Gasteiger partial charge is 0.236 e. The van der Waals surface area contributed by atoms with E-state index in [2.05, 4.69) is 20.6 Å². The van der Waals surface area contributed by atoms with Crippen molar-refractivity contribution in [2.75, 3.05) is 46.4 Å². The van der Waals surface area contributed by atoms with Crippen molar-refractivity contribution in [3.8, 4) is 0 Å². The second-order valence-electron chi connectivity index (χ2n) is 5.46. The molecule has 132 valence electrons. The van der Waals surface area contributed by atoms with E-state index in [0.29, 0.717) is 13.2 Å². The first kappa shape index (κ1) is 20.3. The Morgan fingerprint density at radius 2 is 2.13 bits per heavy atom. The molecule has 0 saturated carbocycles. The van der Waals surface area contributed by atoms with Crippen molar-refractivity contribution in [3.63, 3.8) is 0 Å². The Hall–Kier alpha value is -0.730. The molecular formula is C15H27ClN4O2S. The molecule has 1 aliphatic rings. The predicted molar refractivity (Wildman–Crippen MR) is 95.2 cm³/mol. The van der Waals surface area contributed by atoms with Crippen LogP contribution in [0, 0.1) is 0 Å². The number of thiazole rings is 1. The summed E-state index contributed by atoms with van der Waals surface area (Å²) in [6, 6.07) is 0. The molecule has 0 spiro atoms. The van der Waals surface area contributed by atoms with Crippen molar-refractivity contribution in [1.82, 2.24) is 20.1 Å². The van der Waals surface area contributed by atoms with E-state index in [-0.39, 0.29) is 24.4 Å². The molecule has 23 heavy (non-hydrogen) atoms. The highest BCUT2D eigenvalue weighted by molar-refractivity contribution is 7.09. The van der Waals surface area contributed by atoms with E-state index < -0.39 is 0 Å². The molecule has 1 amide bonds. The third kappa shape index (κ3) is 6.00. The number of hydrogen-bond acceptors (Lipinski definition) is 6. The molecule has 1 unspecified atom stereocenters. The van der Waals surface area contributed by atoms with E-state index in [9.17, 15) is 4.79 Å². The number of nitrogens with one attached hydrogen (secondary N) is 1. The molecule has 1 fully saturated rings. The van der Waals surface area contributed by atoms with E-state index in [1.165, 1.54) is 0 Å². The van der Waals surface area contributed by atoms with Crippen LogP contribution in [0.3, 0.4) is 0 Å². The summed E-state index contributed by atoms with van der Waals surface area (Å²) in [6.45, 7) is 9.43. The summed E-state index contributed by atoms with van der Waals surface area (Å²) in [5, 5.41) is 6.07. The van der Waals surface area contributed by atoms with Crippen LogP contribution in [0.15, 0.2) is 5.38 Å². The molecule has 1 atom stereocenters. The maximum Gasteiger partial charge on any atom is 0.236 e. The molecule has 1 N–H and O–H groups in total. The molecule has 0 aliphatic carbocycles. The van der Waals surface area contributed by atoms with Crippen LogP contribution in [0.25, 0.3) is 0 Å². The summed E-state index contributed by atoms with van der Waals surface area (Å²) in [7, 11) is 1.80. The number of carbonyl (C=O) groups excluding carboxylic acids is 1. The molecule has 0 radical (unpaired) electrons. The molecule has 8 heteroatoms. The van der Waals surface area contributed by atoms with Crippen LogP contribution in [0.2, 0.25) is 0 Å². The number of piperazine rings is 1. The number of rotatable bonds is 7. The van der Waals surface area contributed by atoms with Gasteiger partial charge in [-0.15, -0.1) is 23.7 Å². The second-order valence-corrected chi connectivity index (χ2v) is 6.35. The minimum absolute atomic E-state index is 0. The molecule has 0 bridgehead atoms. The number of amides is 1. The number of hydrogen-bond donors (Lipinski definition) is 1. The lowest BCUT2D eigenvalue weighted by atomic mass is 10.3. The van der Waals surface area contributed by atoms with Gasteiger partial charge in [0.15, 0.2) is 0 Å². The van der Waals surface area contributed by atoms with Gasteiger partial charge < -0.3 is 15.0 Å². The van der Waals surface area contributed by atoms with E-state index in [4.69, 9.17) is 4.74 Å². The fourth-order valence-corrected chi connectivity index (χ4v) is 3.36. The van der Waals surface area contributed by atoms with Gasteiger partial charge in [-0.25, -0.2) is 4.98 Å². The van der Waals surface area contributed by atoms with Gasteiger partial charge in [-0.1, -0.05) is 0 Å². The molecular weight excluding hydrogens is 336 g/mol. The Morgan fingerprint density at radius 1 is 1.43 bits per heavy atom. The largest absolute Gasteiger partial charge is 0.372 e. The minimum atomic E-state index is 0. The molecule has 2 heterocycles. The number of carbonyl (C=O) groups is 1. The average molecular weight is 363 g/mol. The maximum atomic E-state index is 11.8. The first-order chi connectivity index (χ1) is 10.6. The molecule has 2 rings (SSSR count). The second kappa shape index (κ2) is 10.2. The zero-order chi connectivity index (χ0) is 15.9. The Labute approximate surface area is 148 Å². The average Bonchev–Trinajstić information content (AvgIpc) is 2.97. The molecule has 1 aromatic heterocycles. The van der Waals surface area contributed by atoms with Crippen LogP contribution in [0.5, 0.6) is 0 Å². The van der Waals surface area contributed by atoms with Gasteiger partial charge in [0.2, 0.25) is 5.91 Å². The Kier molecular flexibility index (Phi) is 9.01. The highest BCUT2D eigenvalue weighted by Gasteiger charge is 2.21. The summed E-state index contributed by atoms with van der Waals surface area (Å²) < 4.78 is 5.58. The van der Waals surface area contributed by atoms with Crippen LogP contribution in [-0.4, -0.2) is 67.1 Å². The van der Waals surface area contributed by atoms with Crippen LogP contribution in [-0.2, 0) is 16.1 Å². The monoisotopic (exact) mass is 362 g/mol. The zero-order valence-electron chi connectivity index (χ0n) is 14.1. The first-order valence-electron chi connectivity index (χ1n) is 7.84. The van der Waals surface area contributed by atoms with E-state index in [1.54, 1.807) is 18.4 Å². The highest BCUT2D eigenvalue weighted by Crippen LogP contribution is 2.22. The summed E-state index contributed by atoms with van der Waals surface area (Å²) in [4.78, 5) is 20.8. The van der Waals surface area contributed by atoms with Crippen molar-refractivity contribution in [1.29, 1.82) is 0 Å². The van der Waals surface area contributed by atoms with Crippen LogP contribution >= 0.6 is 23.7 Å². The van der Waals surface area contributed by atoms with Gasteiger partial charge in [0.1, 0.15) is 11.1 Å². The van der Waals surface area contributed by atoms with Crippen LogP contribution in [0.4, 0.5) is 0 Å².